The van der Waals surface area contributed by atoms with E-state index < -0.39 is 0 Å². The minimum absolute atomic E-state index is 0.0786. The molecule has 0 spiro atoms. The van der Waals surface area contributed by atoms with E-state index in [1.165, 1.54) is 0 Å². The van der Waals surface area contributed by atoms with Crippen molar-refractivity contribution in [3.8, 4) is 5.75 Å². The number of fused-ring (bicyclic) bond motifs is 2. The summed E-state index contributed by atoms with van der Waals surface area (Å²) >= 11 is 0. The predicted octanol–water partition coefficient (Wildman–Crippen LogP) is 2.34. The van der Waals surface area contributed by atoms with Gasteiger partial charge in [0.05, 0.1) is 18.9 Å². The zero-order valence-corrected chi connectivity index (χ0v) is 15.0. The lowest BCUT2D eigenvalue weighted by Gasteiger charge is -2.37. The van der Waals surface area contributed by atoms with Gasteiger partial charge in [0.2, 0.25) is 5.91 Å². The molecule has 2 N–H and O–H groups in total. The van der Waals surface area contributed by atoms with E-state index in [4.69, 9.17) is 4.74 Å². The molecule has 0 radical (unpaired) electrons. The van der Waals surface area contributed by atoms with Gasteiger partial charge in [0, 0.05) is 30.7 Å². The van der Waals surface area contributed by atoms with Crippen molar-refractivity contribution in [2.24, 2.45) is 0 Å². The first-order valence-electron chi connectivity index (χ1n) is 9.32. The van der Waals surface area contributed by atoms with E-state index in [0.29, 0.717) is 42.9 Å². The van der Waals surface area contributed by atoms with Crippen molar-refractivity contribution in [1.29, 1.82) is 0 Å². The first-order valence-corrected chi connectivity index (χ1v) is 9.32. The number of piperidine rings is 1. The molecule has 26 heavy (non-hydrogen) atoms. The normalized spacial score (nSPS) is 27.8. The standard InChI is InChI=1S/C19H25N3O4/c1-26-17-7-4-12(9-16(17)21-8-2-3-18(21)24)20-19(25)22-13-5-6-14(22)11-15(23)10-13/h4,7,9,13-15,23H,2-3,5-6,8,10-11H2,1H3,(H,20,25). The number of benzene rings is 1. The van der Waals surface area contributed by atoms with E-state index in [1.54, 1.807) is 30.2 Å². The quantitative estimate of drug-likeness (QED) is 0.868. The summed E-state index contributed by atoms with van der Waals surface area (Å²) in [7, 11) is 1.58. The van der Waals surface area contributed by atoms with Gasteiger partial charge >= 0.3 is 6.03 Å². The van der Waals surface area contributed by atoms with Crippen molar-refractivity contribution in [3.63, 3.8) is 0 Å². The molecule has 3 fully saturated rings. The molecule has 3 aliphatic heterocycles. The van der Waals surface area contributed by atoms with Crippen LogP contribution in [0.1, 0.15) is 38.5 Å². The highest BCUT2D eigenvalue weighted by molar-refractivity contribution is 5.98. The number of hydrogen-bond acceptors (Lipinski definition) is 4. The number of urea groups is 1. The Bertz CT molecular complexity index is 709. The van der Waals surface area contributed by atoms with Gasteiger partial charge in [-0.05, 0) is 50.3 Å². The molecule has 2 bridgehead atoms. The second-order valence-corrected chi connectivity index (χ2v) is 7.38. The number of nitrogens with zero attached hydrogens (tertiary/aromatic N) is 2. The monoisotopic (exact) mass is 359 g/mol. The fourth-order valence-electron chi connectivity index (χ4n) is 4.55. The second-order valence-electron chi connectivity index (χ2n) is 7.38. The molecule has 3 saturated heterocycles. The molecule has 0 saturated carbocycles. The van der Waals surface area contributed by atoms with Gasteiger partial charge in [-0.3, -0.25) is 4.79 Å². The Labute approximate surface area is 152 Å². The molecule has 4 rings (SSSR count). The Kier molecular flexibility index (Phi) is 4.48. The van der Waals surface area contributed by atoms with Crippen molar-refractivity contribution < 1.29 is 19.4 Å². The van der Waals surface area contributed by atoms with E-state index in [2.05, 4.69) is 5.32 Å². The molecule has 0 aromatic heterocycles. The van der Waals surface area contributed by atoms with Gasteiger partial charge < -0.3 is 25.0 Å². The Morgan fingerprint density at radius 3 is 2.62 bits per heavy atom. The minimum atomic E-state index is -0.301. The number of ether oxygens (including phenoxy) is 1. The van der Waals surface area contributed by atoms with E-state index >= 15 is 0 Å². The molecule has 7 nitrogen and oxygen atoms in total. The summed E-state index contributed by atoms with van der Waals surface area (Å²) in [6.07, 6.45) is 4.28. The molecule has 2 unspecified atom stereocenters. The van der Waals surface area contributed by atoms with Crippen LogP contribution < -0.4 is 15.0 Å². The van der Waals surface area contributed by atoms with Gasteiger partial charge in [-0.15, -0.1) is 0 Å². The van der Waals surface area contributed by atoms with Crippen LogP contribution in [-0.4, -0.2) is 53.8 Å². The number of nitrogens with one attached hydrogen (secondary N) is 1. The molecule has 140 valence electrons. The predicted molar refractivity (Wildman–Crippen MR) is 97.5 cm³/mol. The number of carbonyl (C=O) groups excluding carboxylic acids is 2. The second kappa shape index (κ2) is 6.79. The van der Waals surface area contributed by atoms with Gasteiger partial charge in [-0.25, -0.2) is 4.79 Å². The molecule has 3 aliphatic rings. The summed E-state index contributed by atoms with van der Waals surface area (Å²) in [6.45, 7) is 0.667. The number of methoxy groups -OCH3 is 1. The third kappa shape index (κ3) is 3.00. The largest absolute Gasteiger partial charge is 0.495 e. The molecule has 7 heteroatoms. The Morgan fingerprint density at radius 2 is 2.00 bits per heavy atom. The average molecular weight is 359 g/mol. The summed E-state index contributed by atoms with van der Waals surface area (Å²) < 4.78 is 5.39. The van der Waals surface area contributed by atoms with Gasteiger partial charge in [0.1, 0.15) is 5.75 Å². The van der Waals surface area contributed by atoms with Crippen molar-refractivity contribution in [1.82, 2.24) is 4.90 Å². The lowest BCUT2D eigenvalue weighted by molar-refractivity contribution is -0.117. The van der Waals surface area contributed by atoms with Gasteiger partial charge in [0.15, 0.2) is 0 Å². The molecular formula is C19H25N3O4. The van der Waals surface area contributed by atoms with Crippen molar-refractivity contribution in [2.45, 2.75) is 56.7 Å². The lowest BCUT2D eigenvalue weighted by atomic mass is 10.0. The summed E-state index contributed by atoms with van der Waals surface area (Å²) in [6, 6.07) is 5.48. The van der Waals surface area contributed by atoms with Gasteiger partial charge in [-0.1, -0.05) is 0 Å². The van der Waals surface area contributed by atoms with Gasteiger partial charge in [-0.2, -0.15) is 0 Å². The molecule has 2 atom stereocenters. The first-order chi connectivity index (χ1) is 12.6. The number of rotatable bonds is 3. The molecular weight excluding hydrogens is 334 g/mol. The SMILES string of the molecule is COc1ccc(NC(=O)N2C3CCC2CC(O)C3)cc1N1CCCC1=O. The van der Waals surface area contributed by atoms with Crippen LogP contribution in [-0.2, 0) is 4.79 Å². The van der Waals surface area contributed by atoms with Crippen molar-refractivity contribution >= 4 is 23.3 Å². The van der Waals surface area contributed by atoms with Crippen LogP contribution in [0.5, 0.6) is 5.75 Å². The molecule has 3 amide bonds. The number of aliphatic hydroxyl groups excluding tert-OH is 1. The minimum Gasteiger partial charge on any atom is -0.495 e. The smallest absolute Gasteiger partial charge is 0.322 e. The fourth-order valence-corrected chi connectivity index (χ4v) is 4.55. The van der Waals surface area contributed by atoms with Crippen LogP contribution in [0.2, 0.25) is 0 Å². The van der Waals surface area contributed by atoms with E-state index in [-0.39, 0.29) is 30.1 Å². The molecule has 1 aromatic carbocycles. The highest BCUT2D eigenvalue weighted by atomic mass is 16.5. The van der Waals surface area contributed by atoms with Crippen LogP contribution in [0.4, 0.5) is 16.2 Å². The average Bonchev–Trinajstić information content (AvgIpc) is 3.16. The highest BCUT2D eigenvalue weighted by Gasteiger charge is 2.42. The van der Waals surface area contributed by atoms with Crippen molar-refractivity contribution in [3.05, 3.63) is 18.2 Å². The molecule has 3 heterocycles. The zero-order chi connectivity index (χ0) is 18.3. The van der Waals surface area contributed by atoms with Crippen molar-refractivity contribution in [2.75, 3.05) is 23.9 Å². The van der Waals surface area contributed by atoms with Crippen LogP contribution in [0.25, 0.3) is 0 Å². The fraction of sp³-hybridized carbons (Fsp3) is 0.579. The van der Waals surface area contributed by atoms with E-state index in [9.17, 15) is 14.7 Å². The van der Waals surface area contributed by atoms with Crippen LogP contribution in [0.15, 0.2) is 18.2 Å². The summed E-state index contributed by atoms with van der Waals surface area (Å²) in [5.41, 5.74) is 1.35. The maximum Gasteiger partial charge on any atom is 0.322 e. The number of aliphatic hydroxyl groups is 1. The van der Waals surface area contributed by atoms with Crippen LogP contribution in [0.3, 0.4) is 0 Å². The molecule has 0 aliphatic carbocycles. The third-order valence-electron chi connectivity index (χ3n) is 5.74. The summed E-state index contributed by atoms with van der Waals surface area (Å²) in [4.78, 5) is 28.5. The van der Waals surface area contributed by atoms with Crippen LogP contribution >= 0.6 is 0 Å². The number of hydrogen-bond donors (Lipinski definition) is 2. The van der Waals surface area contributed by atoms with E-state index in [1.807, 2.05) is 4.90 Å². The topological polar surface area (TPSA) is 82.1 Å². The summed E-state index contributed by atoms with van der Waals surface area (Å²) in [5.74, 6) is 0.703. The Hall–Kier alpha value is -2.28. The number of amides is 3. The summed E-state index contributed by atoms with van der Waals surface area (Å²) in [5, 5.41) is 12.9. The Balaban J connectivity index is 1.53. The first kappa shape index (κ1) is 17.1. The number of carbonyl (C=O) groups is 2. The lowest BCUT2D eigenvalue weighted by Crippen LogP contribution is -2.49. The van der Waals surface area contributed by atoms with Gasteiger partial charge in [0.25, 0.3) is 0 Å². The maximum atomic E-state index is 12.8. The van der Waals surface area contributed by atoms with Crippen LogP contribution in [0, 0.1) is 0 Å². The maximum absolute atomic E-state index is 12.8. The van der Waals surface area contributed by atoms with E-state index in [0.717, 1.165) is 19.3 Å². The third-order valence-corrected chi connectivity index (χ3v) is 5.74. The number of anilines is 2. The zero-order valence-electron chi connectivity index (χ0n) is 15.0. The highest BCUT2D eigenvalue weighted by Crippen LogP contribution is 2.37. The molecule has 1 aromatic rings. The Morgan fingerprint density at radius 1 is 1.27 bits per heavy atom.